The van der Waals surface area contributed by atoms with Crippen LogP contribution in [0.2, 0.25) is 0 Å². The first-order chi connectivity index (χ1) is 13.8. The van der Waals surface area contributed by atoms with Crippen molar-refractivity contribution in [2.24, 2.45) is 0 Å². The smallest absolute Gasteiger partial charge is 0.341 e. The normalized spacial score (nSPS) is 14.6. The number of nitrogens with zero attached hydrogens (tertiary/aromatic N) is 1. The van der Waals surface area contributed by atoms with Crippen molar-refractivity contribution in [2.45, 2.75) is 31.6 Å². The van der Waals surface area contributed by atoms with E-state index in [0.717, 1.165) is 4.88 Å². The van der Waals surface area contributed by atoms with Gasteiger partial charge in [0.05, 0.1) is 17.7 Å². The zero-order valence-electron chi connectivity index (χ0n) is 15.9. The van der Waals surface area contributed by atoms with Crippen LogP contribution < -0.4 is 5.32 Å². The number of hydrogen-bond acceptors (Lipinski definition) is 7. The summed E-state index contributed by atoms with van der Waals surface area (Å²) in [5.41, 5.74) is 0.364. The maximum Gasteiger partial charge on any atom is 0.341 e. The molecule has 1 aromatic heterocycles. The van der Waals surface area contributed by atoms with E-state index in [1.807, 2.05) is 6.92 Å². The minimum Gasteiger partial charge on any atom is -0.462 e. The Morgan fingerprint density at radius 3 is 2.59 bits per heavy atom. The van der Waals surface area contributed by atoms with E-state index in [0.29, 0.717) is 15.7 Å². The number of anilines is 1. The van der Waals surface area contributed by atoms with Crippen LogP contribution in [0.15, 0.2) is 35.2 Å². The van der Waals surface area contributed by atoms with Gasteiger partial charge in [0.2, 0.25) is 5.91 Å². The Kier molecular flexibility index (Phi) is 6.04. The number of carbonyl (C=O) groups excluding carboxylic acids is 3. The Balaban J connectivity index is 1.71. The Hall–Kier alpha value is -2.72. The van der Waals surface area contributed by atoms with Gasteiger partial charge in [-0.3, -0.25) is 9.59 Å². The van der Waals surface area contributed by atoms with Crippen LogP contribution in [0.4, 0.5) is 5.00 Å². The minimum absolute atomic E-state index is 0.0548. The lowest BCUT2D eigenvalue weighted by Gasteiger charge is -2.14. The Bertz CT molecular complexity index is 1070. The van der Waals surface area contributed by atoms with Crippen molar-refractivity contribution in [3.05, 3.63) is 46.3 Å². The fraction of sp³-hybridized carbons (Fsp3) is 0.316. The van der Waals surface area contributed by atoms with Gasteiger partial charge in [-0.2, -0.15) is 0 Å². The average molecular weight is 437 g/mol. The van der Waals surface area contributed by atoms with Crippen LogP contribution in [-0.4, -0.2) is 43.7 Å². The van der Waals surface area contributed by atoms with E-state index >= 15 is 0 Å². The van der Waals surface area contributed by atoms with Crippen molar-refractivity contribution in [3.8, 4) is 0 Å². The molecule has 0 fully saturated rings. The highest BCUT2D eigenvalue weighted by molar-refractivity contribution is 7.90. The summed E-state index contributed by atoms with van der Waals surface area (Å²) in [6.07, 6.45) is 0.451. The molecule has 0 bridgehead atoms. The second kappa shape index (κ2) is 8.34. The van der Waals surface area contributed by atoms with Gasteiger partial charge in [0, 0.05) is 17.8 Å². The number of aryl methyl sites for hydroxylation is 1. The van der Waals surface area contributed by atoms with Crippen molar-refractivity contribution >= 4 is 44.1 Å². The van der Waals surface area contributed by atoms with Crippen LogP contribution in [0.3, 0.4) is 0 Å². The molecule has 1 aliphatic heterocycles. The second-order valence-corrected chi connectivity index (χ2v) is 9.17. The topological polar surface area (TPSA) is 110 Å². The van der Waals surface area contributed by atoms with E-state index in [9.17, 15) is 22.8 Å². The van der Waals surface area contributed by atoms with Gasteiger partial charge in [0.1, 0.15) is 9.90 Å². The first kappa shape index (κ1) is 21.0. The molecule has 3 rings (SSSR count). The molecule has 1 aromatic carbocycles. The number of carbonyl (C=O) groups is 3. The molecule has 1 aliphatic rings. The number of esters is 1. The zero-order valence-corrected chi connectivity index (χ0v) is 17.6. The number of amides is 2. The van der Waals surface area contributed by atoms with Gasteiger partial charge in [0.25, 0.3) is 15.9 Å². The summed E-state index contributed by atoms with van der Waals surface area (Å²) in [6, 6.07) is 7.61. The first-order valence-electron chi connectivity index (χ1n) is 9.05. The third kappa shape index (κ3) is 4.03. The molecule has 0 saturated heterocycles. The van der Waals surface area contributed by atoms with E-state index in [2.05, 4.69) is 5.32 Å². The van der Waals surface area contributed by atoms with Crippen LogP contribution in [0.1, 0.15) is 45.9 Å². The van der Waals surface area contributed by atoms with Gasteiger partial charge < -0.3 is 10.1 Å². The molecule has 0 unspecified atom stereocenters. The van der Waals surface area contributed by atoms with Gasteiger partial charge >= 0.3 is 5.97 Å². The summed E-state index contributed by atoms with van der Waals surface area (Å²) in [5.74, 6) is -1.68. The van der Waals surface area contributed by atoms with E-state index in [1.165, 1.54) is 23.5 Å². The molecule has 0 saturated carbocycles. The molecule has 154 valence electrons. The summed E-state index contributed by atoms with van der Waals surface area (Å²) < 4.78 is 30.8. The largest absolute Gasteiger partial charge is 0.462 e. The van der Waals surface area contributed by atoms with Crippen LogP contribution in [0, 0.1) is 0 Å². The standard InChI is InChI=1S/C19H20N2O6S2/c1-3-12-11-14(19(24)27-4-2)17(28-12)20-16(22)9-10-21-18(23)13-7-5-6-8-15(13)29(21,25)26/h5-8,11H,3-4,9-10H2,1-2H3,(H,20,22). The fourth-order valence-electron chi connectivity index (χ4n) is 2.91. The molecule has 0 atom stereocenters. The number of rotatable bonds is 7. The molecule has 29 heavy (non-hydrogen) atoms. The third-order valence-electron chi connectivity index (χ3n) is 4.33. The highest BCUT2D eigenvalue weighted by atomic mass is 32.2. The maximum absolute atomic E-state index is 12.5. The van der Waals surface area contributed by atoms with Crippen molar-refractivity contribution < 1.29 is 27.5 Å². The van der Waals surface area contributed by atoms with Crippen LogP contribution in [0.25, 0.3) is 0 Å². The van der Waals surface area contributed by atoms with Crippen molar-refractivity contribution in [3.63, 3.8) is 0 Å². The maximum atomic E-state index is 12.5. The number of thiophene rings is 1. The van der Waals surface area contributed by atoms with Gasteiger partial charge in [-0.05, 0) is 31.5 Å². The molecular formula is C19H20N2O6S2. The van der Waals surface area contributed by atoms with E-state index in [1.54, 1.807) is 25.1 Å². The summed E-state index contributed by atoms with van der Waals surface area (Å²) >= 11 is 1.26. The molecule has 0 aliphatic carbocycles. The van der Waals surface area contributed by atoms with Gasteiger partial charge in [-0.25, -0.2) is 17.5 Å². The number of nitrogens with one attached hydrogen (secondary N) is 1. The number of sulfonamides is 1. The highest BCUT2D eigenvalue weighted by Gasteiger charge is 2.40. The van der Waals surface area contributed by atoms with Crippen LogP contribution in [0.5, 0.6) is 0 Å². The summed E-state index contributed by atoms with van der Waals surface area (Å²) in [7, 11) is -3.96. The number of ether oxygens (including phenoxy) is 1. The quantitative estimate of drug-likeness (QED) is 0.668. The fourth-order valence-corrected chi connectivity index (χ4v) is 5.48. The molecule has 2 heterocycles. The Morgan fingerprint density at radius 2 is 1.93 bits per heavy atom. The predicted octanol–water partition coefficient (Wildman–Crippen LogP) is 2.66. The van der Waals surface area contributed by atoms with Crippen molar-refractivity contribution in [1.82, 2.24) is 4.31 Å². The minimum atomic E-state index is -3.96. The van der Waals surface area contributed by atoms with Crippen LogP contribution >= 0.6 is 11.3 Å². The Morgan fingerprint density at radius 1 is 1.21 bits per heavy atom. The summed E-state index contributed by atoms with van der Waals surface area (Å²) in [6.45, 7) is 3.53. The van der Waals surface area contributed by atoms with Crippen LogP contribution in [-0.2, 0) is 26.0 Å². The molecule has 10 heteroatoms. The second-order valence-electron chi connectivity index (χ2n) is 6.21. The lowest BCUT2D eigenvalue weighted by atomic mass is 10.2. The summed E-state index contributed by atoms with van der Waals surface area (Å²) in [5, 5.41) is 2.99. The summed E-state index contributed by atoms with van der Waals surface area (Å²) in [4.78, 5) is 37.7. The zero-order chi connectivity index (χ0) is 21.2. The lowest BCUT2D eigenvalue weighted by molar-refractivity contribution is -0.116. The molecule has 2 amide bonds. The van der Waals surface area contributed by atoms with Gasteiger partial charge in [0.15, 0.2) is 0 Å². The SMILES string of the molecule is CCOC(=O)c1cc(CC)sc1NC(=O)CCN1C(=O)c2ccccc2S1(=O)=O. The van der Waals surface area contributed by atoms with E-state index in [4.69, 9.17) is 4.74 Å². The first-order valence-corrected chi connectivity index (χ1v) is 11.3. The van der Waals surface area contributed by atoms with Crippen molar-refractivity contribution in [1.29, 1.82) is 0 Å². The lowest BCUT2D eigenvalue weighted by Crippen LogP contribution is -2.33. The molecule has 0 radical (unpaired) electrons. The van der Waals surface area contributed by atoms with Gasteiger partial charge in [-0.1, -0.05) is 19.1 Å². The molecule has 8 nitrogen and oxygen atoms in total. The number of hydrogen-bond donors (Lipinski definition) is 1. The number of benzene rings is 1. The third-order valence-corrected chi connectivity index (χ3v) is 7.37. The Labute approximate surface area is 172 Å². The number of fused-ring (bicyclic) bond motifs is 1. The van der Waals surface area contributed by atoms with Crippen molar-refractivity contribution in [2.75, 3.05) is 18.5 Å². The van der Waals surface area contributed by atoms with E-state index in [-0.39, 0.29) is 35.6 Å². The molecular weight excluding hydrogens is 416 g/mol. The predicted molar refractivity (Wildman–Crippen MR) is 108 cm³/mol. The monoisotopic (exact) mass is 436 g/mol. The molecule has 2 aromatic rings. The van der Waals surface area contributed by atoms with E-state index < -0.39 is 27.8 Å². The highest BCUT2D eigenvalue weighted by Crippen LogP contribution is 2.31. The molecule has 1 N–H and O–H groups in total. The average Bonchev–Trinajstić information content (AvgIpc) is 3.18. The van der Waals surface area contributed by atoms with Gasteiger partial charge in [-0.15, -0.1) is 11.3 Å². The molecule has 0 spiro atoms.